The highest BCUT2D eigenvalue weighted by molar-refractivity contribution is 6.03. The molecule has 2 aliphatic heterocycles. The Labute approximate surface area is 265 Å². The van der Waals surface area contributed by atoms with Gasteiger partial charge in [0.1, 0.15) is 42.1 Å². The number of rotatable bonds is 9. The number of benzene rings is 4. The molecule has 0 aliphatic carbocycles. The van der Waals surface area contributed by atoms with Crippen molar-refractivity contribution in [2.45, 2.75) is 55.5 Å². The third-order valence-electron chi connectivity index (χ3n) is 9.02. The molecule has 2 heterocycles. The molecule has 6 N–H and O–H groups in total. The summed E-state index contributed by atoms with van der Waals surface area (Å²) in [6.45, 7) is -0.537. The molecule has 0 radical (unpaired) electrons. The zero-order chi connectivity index (χ0) is 32.5. The predicted molar refractivity (Wildman–Crippen MR) is 167 cm³/mol. The molecule has 2 aliphatic rings. The Kier molecular flexibility index (Phi) is 9.19. The maximum absolute atomic E-state index is 13.7. The average molecular weight is 630 g/mol. The van der Waals surface area contributed by atoms with E-state index in [-0.39, 0.29) is 18.1 Å². The first-order valence-electron chi connectivity index (χ1n) is 15.2. The first-order chi connectivity index (χ1) is 22.2. The van der Waals surface area contributed by atoms with E-state index in [2.05, 4.69) is 0 Å². The molecule has 9 nitrogen and oxygen atoms in total. The van der Waals surface area contributed by atoms with E-state index in [1.54, 1.807) is 41.3 Å². The minimum Gasteiger partial charge on any atom is -0.508 e. The molecule has 10 heteroatoms. The summed E-state index contributed by atoms with van der Waals surface area (Å²) in [5.74, 6) is -1.16. The first kappa shape index (κ1) is 31.8. The van der Waals surface area contributed by atoms with Gasteiger partial charge in [0.25, 0.3) is 0 Å². The summed E-state index contributed by atoms with van der Waals surface area (Å²) in [4.78, 5) is 15.1. The number of amides is 1. The number of ether oxygens (including phenoxy) is 1. The smallest absolute Gasteiger partial charge is 0.233 e. The molecule has 46 heavy (non-hydrogen) atoms. The molecule has 0 bridgehead atoms. The maximum atomic E-state index is 13.7. The van der Waals surface area contributed by atoms with E-state index < -0.39 is 61.0 Å². The van der Waals surface area contributed by atoms with Crippen molar-refractivity contribution in [1.29, 1.82) is 0 Å². The number of para-hydroxylation sites is 1. The van der Waals surface area contributed by atoms with Gasteiger partial charge in [0.15, 0.2) is 0 Å². The van der Waals surface area contributed by atoms with Crippen LogP contribution in [0.2, 0.25) is 0 Å². The fourth-order valence-electron chi connectivity index (χ4n) is 6.53. The fraction of sp³-hybridized carbons (Fsp3) is 0.306. The highest BCUT2D eigenvalue weighted by atomic mass is 19.1. The van der Waals surface area contributed by atoms with Gasteiger partial charge in [0.2, 0.25) is 5.91 Å². The highest BCUT2D eigenvalue weighted by Gasteiger charge is 2.49. The van der Waals surface area contributed by atoms with Crippen molar-refractivity contribution >= 4 is 11.6 Å². The molecule has 6 rings (SSSR count). The Morgan fingerprint density at radius 1 is 0.826 bits per heavy atom. The molecule has 0 saturated carbocycles. The van der Waals surface area contributed by atoms with E-state index in [0.717, 1.165) is 0 Å². The number of aliphatic hydroxyl groups is 5. The average Bonchev–Trinajstić information content (AvgIpc) is 3.07. The van der Waals surface area contributed by atoms with Crippen molar-refractivity contribution in [2.75, 3.05) is 11.5 Å². The quantitative estimate of drug-likeness (QED) is 0.153. The van der Waals surface area contributed by atoms with Gasteiger partial charge in [-0.15, -0.1) is 0 Å². The lowest BCUT2D eigenvalue weighted by Crippen LogP contribution is -2.55. The number of anilines is 1. The predicted octanol–water partition coefficient (Wildman–Crippen LogP) is 3.93. The SMILES string of the molecule is O=C1[C@H](CC[C@H](O)c2cccc(F)c2)[C@@H](c2ccc(-c3cccc([C@@H]4O[C@H](CO)[C@@H](O)[C@H](O)[C@H]4O)c3)cc2O)N1c1ccccc1. The lowest BCUT2D eigenvalue weighted by atomic mass is 9.77. The van der Waals surface area contributed by atoms with Gasteiger partial charge in [0, 0.05) is 11.3 Å². The summed E-state index contributed by atoms with van der Waals surface area (Å²) >= 11 is 0. The van der Waals surface area contributed by atoms with Crippen LogP contribution in [0.3, 0.4) is 0 Å². The number of hydrogen-bond donors (Lipinski definition) is 6. The molecule has 4 aromatic rings. The zero-order valence-corrected chi connectivity index (χ0v) is 24.8. The molecule has 0 aromatic heterocycles. The Balaban J connectivity index is 1.27. The van der Waals surface area contributed by atoms with Crippen molar-refractivity contribution < 1.29 is 44.6 Å². The van der Waals surface area contributed by atoms with Crippen molar-refractivity contribution in [3.05, 3.63) is 120 Å². The summed E-state index contributed by atoms with van der Waals surface area (Å²) in [6, 6.07) is 26.5. The second-order valence-electron chi connectivity index (χ2n) is 11.9. The van der Waals surface area contributed by atoms with E-state index in [0.29, 0.717) is 39.9 Å². The Morgan fingerprint density at radius 3 is 2.28 bits per heavy atom. The van der Waals surface area contributed by atoms with Crippen LogP contribution in [0, 0.1) is 11.7 Å². The third kappa shape index (κ3) is 6.03. The molecule has 2 saturated heterocycles. The summed E-state index contributed by atoms with van der Waals surface area (Å²) < 4.78 is 19.5. The number of aliphatic hydroxyl groups excluding tert-OH is 5. The second-order valence-corrected chi connectivity index (χ2v) is 11.9. The molecular formula is C36H36FNO8. The molecule has 0 spiro atoms. The fourth-order valence-corrected chi connectivity index (χ4v) is 6.53. The number of β-lactam (4-membered cyclic amide) rings is 1. The third-order valence-corrected chi connectivity index (χ3v) is 9.02. The summed E-state index contributed by atoms with van der Waals surface area (Å²) in [7, 11) is 0. The van der Waals surface area contributed by atoms with E-state index in [1.807, 2.05) is 42.5 Å². The van der Waals surface area contributed by atoms with Gasteiger partial charge in [-0.3, -0.25) is 4.79 Å². The van der Waals surface area contributed by atoms with Gasteiger partial charge in [-0.1, -0.05) is 60.7 Å². The minimum absolute atomic E-state index is 0.0372. The molecule has 8 atom stereocenters. The van der Waals surface area contributed by atoms with Crippen LogP contribution in [0.25, 0.3) is 11.1 Å². The lowest BCUT2D eigenvalue weighted by molar-refractivity contribution is -0.231. The largest absolute Gasteiger partial charge is 0.508 e. The van der Waals surface area contributed by atoms with Gasteiger partial charge in [0.05, 0.1) is 24.7 Å². The molecule has 1 amide bonds. The number of phenols is 1. The Hall–Kier alpha value is -4.16. The monoisotopic (exact) mass is 629 g/mol. The van der Waals surface area contributed by atoms with Crippen LogP contribution in [0.15, 0.2) is 97.1 Å². The van der Waals surface area contributed by atoms with Gasteiger partial charge >= 0.3 is 0 Å². The van der Waals surface area contributed by atoms with Crippen LogP contribution in [0.1, 0.15) is 47.8 Å². The van der Waals surface area contributed by atoms with Crippen molar-refractivity contribution in [2.24, 2.45) is 5.92 Å². The Morgan fingerprint density at radius 2 is 1.57 bits per heavy atom. The van der Waals surface area contributed by atoms with Gasteiger partial charge in [-0.05, 0) is 71.5 Å². The van der Waals surface area contributed by atoms with Crippen LogP contribution in [0.4, 0.5) is 10.1 Å². The number of carbonyl (C=O) groups excluding carboxylic acids is 1. The number of phenolic OH excluding ortho intramolecular Hbond substituents is 1. The van der Waals surface area contributed by atoms with Crippen LogP contribution in [-0.4, -0.2) is 67.6 Å². The lowest BCUT2D eigenvalue weighted by Gasteiger charge is -2.48. The van der Waals surface area contributed by atoms with Crippen molar-refractivity contribution in [3.8, 4) is 16.9 Å². The molecule has 0 unspecified atom stereocenters. The normalized spacial score (nSPS) is 26.9. The van der Waals surface area contributed by atoms with Crippen LogP contribution >= 0.6 is 0 Å². The van der Waals surface area contributed by atoms with Gasteiger partial charge in [-0.2, -0.15) is 0 Å². The zero-order valence-electron chi connectivity index (χ0n) is 24.8. The highest BCUT2D eigenvalue weighted by Crippen LogP contribution is 2.49. The van der Waals surface area contributed by atoms with Crippen LogP contribution in [0.5, 0.6) is 5.75 Å². The van der Waals surface area contributed by atoms with Gasteiger partial charge in [-0.25, -0.2) is 4.39 Å². The van der Waals surface area contributed by atoms with E-state index in [9.17, 15) is 39.8 Å². The maximum Gasteiger partial charge on any atom is 0.233 e. The number of aromatic hydroxyl groups is 1. The minimum atomic E-state index is -1.51. The standard InChI is InChI=1S/C36H36FNO8/c37-24-9-5-7-22(17-24)28(40)15-14-27-31(38(36(27)45)25-10-2-1-3-11-25)26-13-12-21(18-29(26)41)20-6-4-8-23(16-20)35-34(44)33(43)32(42)30(19-39)46-35/h1-13,16-18,27-28,30-35,39-44H,14-15,19H2/t27-,28+,30-,31-,32-,33+,34-,35+/m1/s1. The van der Waals surface area contributed by atoms with Crippen molar-refractivity contribution in [1.82, 2.24) is 0 Å². The summed E-state index contributed by atoms with van der Waals surface area (Å²) in [5, 5.41) is 62.7. The van der Waals surface area contributed by atoms with E-state index >= 15 is 0 Å². The number of nitrogens with zero attached hydrogens (tertiary/aromatic N) is 1. The van der Waals surface area contributed by atoms with E-state index in [4.69, 9.17) is 4.74 Å². The first-order valence-corrected chi connectivity index (χ1v) is 15.2. The Bertz CT molecular complexity index is 1680. The molecule has 2 fully saturated rings. The molecular weight excluding hydrogens is 593 g/mol. The van der Waals surface area contributed by atoms with Crippen LogP contribution in [-0.2, 0) is 9.53 Å². The number of carbonyl (C=O) groups is 1. The van der Waals surface area contributed by atoms with Crippen molar-refractivity contribution in [3.63, 3.8) is 0 Å². The van der Waals surface area contributed by atoms with Gasteiger partial charge < -0.3 is 40.3 Å². The van der Waals surface area contributed by atoms with E-state index in [1.165, 1.54) is 18.2 Å². The number of halogens is 1. The molecule has 4 aromatic carbocycles. The second kappa shape index (κ2) is 13.3. The van der Waals surface area contributed by atoms with Crippen LogP contribution < -0.4 is 4.90 Å². The summed E-state index contributed by atoms with van der Waals surface area (Å²) in [5.41, 5.74) is 3.46. The molecule has 240 valence electrons. The topological polar surface area (TPSA) is 151 Å². The summed E-state index contributed by atoms with van der Waals surface area (Å²) in [6.07, 6.45) is -6.88. The number of hydrogen-bond acceptors (Lipinski definition) is 8.